The Kier molecular flexibility index (Phi) is 4.12. The van der Waals surface area contributed by atoms with Crippen LogP contribution < -0.4 is 0 Å². The Labute approximate surface area is 93.5 Å². The zero-order valence-corrected chi connectivity index (χ0v) is 9.13. The van der Waals surface area contributed by atoms with E-state index in [4.69, 9.17) is 10.4 Å². The molecule has 3 nitrogen and oxygen atoms in total. The van der Waals surface area contributed by atoms with E-state index in [-0.39, 0.29) is 22.2 Å². The third kappa shape index (κ3) is 2.30. The first kappa shape index (κ1) is 12.0. The summed E-state index contributed by atoms with van der Waals surface area (Å²) in [6, 6.07) is 1.69. The van der Waals surface area contributed by atoms with Crippen LogP contribution in [-0.2, 0) is 11.9 Å². The monoisotopic (exact) mass is 276 g/mol. The lowest BCUT2D eigenvalue weighted by atomic mass is 10.0. The first-order valence-corrected chi connectivity index (χ1v) is 5.13. The molecule has 80 valence electrons. The molecule has 0 saturated heterocycles. The van der Waals surface area contributed by atoms with E-state index < -0.39 is 18.6 Å². The maximum Gasteiger partial charge on any atom is 0.265 e. The van der Waals surface area contributed by atoms with Crippen molar-refractivity contribution in [1.82, 2.24) is 4.98 Å². The number of hydrogen-bond acceptors (Lipinski definition) is 3. The molecule has 0 aliphatic rings. The van der Waals surface area contributed by atoms with Gasteiger partial charge in [0.1, 0.15) is 6.07 Å². The van der Waals surface area contributed by atoms with Crippen LogP contribution in [0.25, 0.3) is 0 Å². The summed E-state index contributed by atoms with van der Waals surface area (Å²) < 4.78 is 25.3. The molecule has 1 heterocycles. The molecule has 1 rings (SSSR count). The van der Waals surface area contributed by atoms with Crippen molar-refractivity contribution < 1.29 is 13.9 Å². The summed E-state index contributed by atoms with van der Waals surface area (Å²) in [7, 11) is 0. The Bertz CT molecular complexity index is 404. The van der Waals surface area contributed by atoms with Crippen LogP contribution in [0.3, 0.4) is 0 Å². The Morgan fingerprint density at radius 3 is 2.67 bits per heavy atom. The topological polar surface area (TPSA) is 56.9 Å². The van der Waals surface area contributed by atoms with Gasteiger partial charge in [0.25, 0.3) is 6.43 Å². The van der Waals surface area contributed by atoms with Gasteiger partial charge in [0, 0.05) is 22.7 Å². The lowest BCUT2D eigenvalue weighted by Gasteiger charge is -2.10. The van der Waals surface area contributed by atoms with Crippen LogP contribution in [0.1, 0.15) is 28.8 Å². The van der Waals surface area contributed by atoms with Gasteiger partial charge in [0.2, 0.25) is 0 Å². The lowest BCUT2D eigenvalue weighted by molar-refractivity contribution is 0.146. The lowest BCUT2D eigenvalue weighted by Crippen LogP contribution is -2.04. The van der Waals surface area contributed by atoms with Gasteiger partial charge < -0.3 is 5.11 Å². The van der Waals surface area contributed by atoms with Crippen molar-refractivity contribution in [3.63, 3.8) is 0 Å². The molecule has 15 heavy (non-hydrogen) atoms. The third-order valence-electron chi connectivity index (χ3n) is 1.91. The molecule has 1 aromatic heterocycles. The van der Waals surface area contributed by atoms with Crippen molar-refractivity contribution >= 4 is 15.9 Å². The number of nitrogens with zero attached hydrogens (tertiary/aromatic N) is 2. The summed E-state index contributed by atoms with van der Waals surface area (Å²) in [5.74, 6) is 0. The quantitative estimate of drug-likeness (QED) is 0.862. The average molecular weight is 277 g/mol. The van der Waals surface area contributed by atoms with Gasteiger partial charge in [0.15, 0.2) is 0 Å². The molecule has 0 fully saturated rings. The molecule has 0 aliphatic heterocycles. The fourth-order valence-corrected chi connectivity index (χ4v) is 1.63. The molecule has 0 unspecified atom stereocenters. The van der Waals surface area contributed by atoms with Crippen LogP contribution in [0, 0.1) is 11.3 Å². The van der Waals surface area contributed by atoms with Crippen LogP contribution in [0.4, 0.5) is 8.78 Å². The zero-order chi connectivity index (χ0) is 11.4. The highest BCUT2D eigenvalue weighted by Gasteiger charge is 2.21. The highest BCUT2D eigenvalue weighted by Crippen LogP contribution is 2.28. The van der Waals surface area contributed by atoms with Crippen molar-refractivity contribution in [2.24, 2.45) is 0 Å². The Morgan fingerprint density at radius 2 is 2.27 bits per heavy atom. The predicted molar refractivity (Wildman–Crippen MR) is 52.5 cm³/mol. The minimum absolute atomic E-state index is 0.00810. The molecule has 0 amide bonds. The van der Waals surface area contributed by atoms with Gasteiger partial charge in [-0.1, -0.05) is 15.9 Å². The molecule has 0 bridgehead atoms. The number of alkyl halides is 3. The van der Waals surface area contributed by atoms with Gasteiger partial charge in [-0.2, -0.15) is 5.26 Å². The van der Waals surface area contributed by atoms with E-state index in [9.17, 15) is 8.78 Å². The summed E-state index contributed by atoms with van der Waals surface area (Å²) in [5, 5.41) is 17.9. The largest absolute Gasteiger partial charge is 0.392 e. The van der Waals surface area contributed by atoms with E-state index in [1.54, 1.807) is 6.07 Å². The molecule has 0 aromatic carbocycles. The minimum atomic E-state index is -2.79. The van der Waals surface area contributed by atoms with E-state index in [1.165, 1.54) is 6.20 Å². The molecule has 0 saturated carbocycles. The van der Waals surface area contributed by atoms with Crippen LogP contribution in [0.2, 0.25) is 0 Å². The summed E-state index contributed by atoms with van der Waals surface area (Å²) in [4.78, 5) is 3.82. The Balaban J connectivity index is 3.46. The average Bonchev–Trinajstić information content (AvgIpc) is 2.26. The van der Waals surface area contributed by atoms with Gasteiger partial charge in [-0.05, 0) is 0 Å². The van der Waals surface area contributed by atoms with Crippen molar-refractivity contribution in [3.05, 3.63) is 28.6 Å². The van der Waals surface area contributed by atoms with E-state index in [1.807, 2.05) is 0 Å². The smallest absolute Gasteiger partial charge is 0.265 e. The Hall–Kier alpha value is -1.06. The first-order valence-electron chi connectivity index (χ1n) is 4.01. The fraction of sp³-hybridized carbons (Fsp3) is 0.333. The minimum Gasteiger partial charge on any atom is -0.392 e. The second kappa shape index (κ2) is 5.14. The fourth-order valence-electron chi connectivity index (χ4n) is 1.21. The number of pyridine rings is 1. The summed E-state index contributed by atoms with van der Waals surface area (Å²) in [6.45, 7) is -0.552. The number of hydrogen-bond donors (Lipinski definition) is 1. The number of aliphatic hydroxyl groups is 1. The molecule has 1 aromatic rings. The number of aliphatic hydroxyl groups excluding tert-OH is 1. The van der Waals surface area contributed by atoms with Crippen molar-refractivity contribution in [2.75, 3.05) is 0 Å². The van der Waals surface area contributed by atoms with E-state index in [2.05, 4.69) is 20.9 Å². The normalized spacial score (nSPS) is 10.4. The van der Waals surface area contributed by atoms with Crippen LogP contribution in [0.5, 0.6) is 0 Å². The van der Waals surface area contributed by atoms with Crippen LogP contribution in [0.15, 0.2) is 6.20 Å². The number of halogens is 3. The van der Waals surface area contributed by atoms with E-state index >= 15 is 0 Å². The standard InChI is InChI=1S/C9H7BrF2N2O/c10-1-7-6(2-13)8(9(11)12)5(4-15)3-14-7/h3,9,15H,1,4H2. The van der Waals surface area contributed by atoms with Crippen molar-refractivity contribution in [2.45, 2.75) is 18.4 Å². The molecule has 0 atom stereocenters. The SMILES string of the molecule is N#Cc1c(CBr)ncc(CO)c1C(F)F. The number of rotatable bonds is 3. The number of nitriles is 1. The molecule has 0 spiro atoms. The zero-order valence-electron chi connectivity index (χ0n) is 7.54. The highest BCUT2D eigenvalue weighted by atomic mass is 79.9. The molecule has 0 aliphatic carbocycles. The molecular formula is C9H7BrF2N2O. The Morgan fingerprint density at radius 1 is 1.60 bits per heavy atom. The van der Waals surface area contributed by atoms with E-state index in [0.717, 1.165) is 0 Å². The molecule has 1 N–H and O–H groups in total. The third-order valence-corrected chi connectivity index (χ3v) is 2.44. The van der Waals surface area contributed by atoms with Crippen molar-refractivity contribution in [3.8, 4) is 6.07 Å². The summed E-state index contributed by atoms with van der Waals surface area (Å²) >= 11 is 3.06. The highest BCUT2D eigenvalue weighted by molar-refractivity contribution is 9.08. The number of aromatic nitrogens is 1. The van der Waals surface area contributed by atoms with Crippen LogP contribution in [-0.4, -0.2) is 10.1 Å². The molecule has 0 radical (unpaired) electrons. The second-order valence-corrected chi connectivity index (χ2v) is 3.28. The first-order chi connectivity index (χ1) is 7.15. The predicted octanol–water partition coefficient (Wildman–Crippen LogP) is 2.28. The maximum absolute atomic E-state index is 12.7. The van der Waals surface area contributed by atoms with Gasteiger partial charge >= 0.3 is 0 Å². The van der Waals surface area contributed by atoms with Gasteiger partial charge in [-0.15, -0.1) is 0 Å². The van der Waals surface area contributed by atoms with Gasteiger partial charge in [-0.25, -0.2) is 8.78 Å². The van der Waals surface area contributed by atoms with Crippen molar-refractivity contribution in [1.29, 1.82) is 5.26 Å². The van der Waals surface area contributed by atoms with Gasteiger partial charge in [0.05, 0.1) is 17.9 Å². The van der Waals surface area contributed by atoms with E-state index in [0.29, 0.717) is 0 Å². The van der Waals surface area contributed by atoms with Gasteiger partial charge in [-0.3, -0.25) is 4.98 Å². The summed E-state index contributed by atoms with van der Waals surface area (Å²) in [5.41, 5.74) is -0.339. The van der Waals surface area contributed by atoms with Crippen LogP contribution >= 0.6 is 15.9 Å². The second-order valence-electron chi connectivity index (χ2n) is 2.72. The molecular weight excluding hydrogens is 270 g/mol. The molecule has 6 heteroatoms. The summed E-state index contributed by atoms with van der Waals surface area (Å²) in [6.07, 6.45) is -1.62. The maximum atomic E-state index is 12.7.